The van der Waals surface area contributed by atoms with E-state index < -0.39 is 0 Å². The molecule has 24 heavy (non-hydrogen) atoms. The summed E-state index contributed by atoms with van der Waals surface area (Å²) >= 11 is 1.58. The summed E-state index contributed by atoms with van der Waals surface area (Å²) in [5.41, 5.74) is 3.19. The van der Waals surface area contributed by atoms with Gasteiger partial charge in [0.05, 0.1) is 28.5 Å². The summed E-state index contributed by atoms with van der Waals surface area (Å²) in [4.78, 5) is 16.6. The van der Waals surface area contributed by atoms with Crippen molar-refractivity contribution in [3.63, 3.8) is 0 Å². The highest BCUT2D eigenvalue weighted by Gasteiger charge is 2.28. The number of thiazole rings is 1. The zero-order chi connectivity index (χ0) is 17.3. The van der Waals surface area contributed by atoms with Crippen molar-refractivity contribution in [2.45, 2.75) is 58.5 Å². The van der Waals surface area contributed by atoms with E-state index in [0.29, 0.717) is 0 Å². The van der Waals surface area contributed by atoms with Crippen molar-refractivity contribution < 1.29 is 4.79 Å². The molecule has 128 valence electrons. The van der Waals surface area contributed by atoms with Crippen LogP contribution in [0.2, 0.25) is 0 Å². The molecule has 0 fully saturated rings. The molecular formula is C18H24N4OS. The lowest BCUT2D eigenvalue weighted by Gasteiger charge is -2.28. The smallest absolute Gasteiger partial charge is 0.244 e. The van der Waals surface area contributed by atoms with Crippen molar-refractivity contribution in [3.05, 3.63) is 39.6 Å². The third-order valence-electron chi connectivity index (χ3n) is 4.18. The molecule has 1 amide bonds. The van der Waals surface area contributed by atoms with Crippen LogP contribution in [0.3, 0.4) is 0 Å². The largest absolute Gasteiger partial charge is 0.346 e. The number of nitrogens with one attached hydrogen (secondary N) is 1. The minimum absolute atomic E-state index is 0.0398. The van der Waals surface area contributed by atoms with Gasteiger partial charge in [-0.05, 0) is 53.0 Å². The molecule has 1 aliphatic rings. The maximum atomic E-state index is 12.3. The number of nitrogens with zero attached hydrogens (tertiary/aromatic N) is 3. The molecule has 1 N–H and O–H groups in total. The summed E-state index contributed by atoms with van der Waals surface area (Å²) in [6.45, 7) is 8.42. The number of fused-ring (bicyclic) bond motifs is 1. The number of aryl methyl sites for hydroxylation is 1. The molecule has 2 aromatic rings. The summed E-state index contributed by atoms with van der Waals surface area (Å²) in [5, 5.41) is 10.6. The molecule has 1 atom stereocenters. The van der Waals surface area contributed by atoms with Crippen molar-refractivity contribution >= 4 is 23.3 Å². The molecule has 0 saturated carbocycles. The van der Waals surface area contributed by atoms with Crippen LogP contribution >= 0.6 is 11.3 Å². The fraction of sp³-hybridized carbons (Fsp3) is 0.500. The third-order valence-corrected chi connectivity index (χ3v) is 4.97. The Morgan fingerprint density at radius 1 is 1.46 bits per heavy atom. The monoisotopic (exact) mass is 344 g/mol. The first-order chi connectivity index (χ1) is 11.3. The van der Waals surface area contributed by atoms with E-state index in [2.05, 4.69) is 40.9 Å². The van der Waals surface area contributed by atoms with Gasteiger partial charge in [-0.15, -0.1) is 11.3 Å². The van der Waals surface area contributed by atoms with Gasteiger partial charge in [-0.1, -0.05) is 0 Å². The van der Waals surface area contributed by atoms with E-state index in [-0.39, 0.29) is 17.5 Å². The molecule has 2 aromatic heterocycles. The molecular weight excluding hydrogens is 320 g/mol. The van der Waals surface area contributed by atoms with Crippen molar-refractivity contribution in [2.75, 3.05) is 0 Å². The maximum Gasteiger partial charge on any atom is 0.244 e. The highest BCUT2D eigenvalue weighted by atomic mass is 32.1. The Morgan fingerprint density at radius 2 is 2.25 bits per heavy atom. The van der Waals surface area contributed by atoms with Crippen LogP contribution in [0.4, 0.5) is 0 Å². The molecule has 0 spiro atoms. The highest BCUT2D eigenvalue weighted by Crippen LogP contribution is 2.32. The van der Waals surface area contributed by atoms with Gasteiger partial charge in [-0.25, -0.2) is 4.98 Å². The van der Waals surface area contributed by atoms with Crippen LogP contribution in [0, 0.1) is 6.92 Å². The van der Waals surface area contributed by atoms with E-state index in [1.165, 1.54) is 5.69 Å². The fourth-order valence-electron chi connectivity index (χ4n) is 3.12. The summed E-state index contributed by atoms with van der Waals surface area (Å²) in [5.74, 6) is -0.0815. The van der Waals surface area contributed by atoms with Crippen LogP contribution in [0.15, 0.2) is 17.7 Å². The topological polar surface area (TPSA) is 59.8 Å². The van der Waals surface area contributed by atoms with Crippen molar-refractivity contribution in [2.24, 2.45) is 0 Å². The van der Waals surface area contributed by atoms with Gasteiger partial charge in [0.25, 0.3) is 0 Å². The Morgan fingerprint density at radius 3 is 2.92 bits per heavy atom. The van der Waals surface area contributed by atoms with Gasteiger partial charge in [0.1, 0.15) is 0 Å². The van der Waals surface area contributed by atoms with Gasteiger partial charge in [0.15, 0.2) is 0 Å². The number of carbonyl (C=O) groups excluding carboxylic acids is 1. The predicted molar refractivity (Wildman–Crippen MR) is 96.9 cm³/mol. The van der Waals surface area contributed by atoms with E-state index in [4.69, 9.17) is 0 Å². The van der Waals surface area contributed by atoms with Gasteiger partial charge < -0.3 is 5.32 Å². The minimum atomic E-state index is -0.0815. The quantitative estimate of drug-likeness (QED) is 0.865. The van der Waals surface area contributed by atoms with Crippen LogP contribution in [-0.4, -0.2) is 20.7 Å². The van der Waals surface area contributed by atoms with E-state index >= 15 is 0 Å². The van der Waals surface area contributed by atoms with Gasteiger partial charge in [-0.2, -0.15) is 5.10 Å². The summed E-state index contributed by atoms with van der Waals surface area (Å²) in [6.07, 6.45) is 8.29. The minimum Gasteiger partial charge on any atom is -0.346 e. The molecule has 3 rings (SSSR count). The molecule has 0 bridgehead atoms. The zero-order valence-corrected chi connectivity index (χ0v) is 15.5. The first-order valence-corrected chi connectivity index (χ1v) is 9.20. The van der Waals surface area contributed by atoms with E-state index in [9.17, 15) is 4.79 Å². The number of hydrogen-bond donors (Lipinski definition) is 1. The summed E-state index contributed by atoms with van der Waals surface area (Å²) in [6, 6.07) is 0.0409. The lowest BCUT2D eigenvalue weighted by Crippen LogP contribution is -2.31. The van der Waals surface area contributed by atoms with E-state index in [1.54, 1.807) is 23.5 Å². The SMILES string of the molecule is Cc1nc(/C=C\C(=O)N[C@H]2CCCc3c2cnn3C(C)(C)C)cs1. The van der Waals surface area contributed by atoms with Crippen LogP contribution in [0.5, 0.6) is 0 Å². The van der Waals surface area contributed by atoms with Gasteiger partial charge in [0, 0.05) is 22.7 Å². The molecule has 5 nitrogen and oxygen atoms in total. The molecule has 0 aromatic carbocycles. The second-order valence-corrected chi connectivity index (χ2v) is 8.27. The zero-order valence-electron chi connectivity index (χ0n) is 14.7. The first kappa shape index (κ1) is 16.9. The molecule has 0 unspecified atom stereocenters. The Kier molecular flexibility index (Phi) is 4.58. The average Bonchev–Trinajstić information content (AvgIpc) is 3.11. The van der Waals surface area contributed by atoms with E-state index in [0.717, 1.165) is 35.5 Å². The van der Waals surface area contributed by atoms with Crippen LogP contribution in [-0.2, 0) is 16.8 Å². The molecule has 6 heteroatoms. The lowest BCUT2D eigenvalue weighted by atomic mass is 9.92. The van der Waals surface area contributed by atoms with Crippen LogP contribution in [0.25, 0.3) is 6.08 Å². The van der Waals surface area contributed by atoms with Crippen molar-refractivity contribution in [1.82, 2.24) is 20.1 Å². The molecule has 0 aliphatic heterocycles. The number of rotatable bonds is 3. The standard InChI is InChI=1S/C18H24N4OS/c1-12-20-13(11-24-12)8-9-17(23)21-15-6-5-7-16-14(15)10-19-22(16)18(2,3)4/h8-11,15H,5-7H2,1-4H3,(H,21,23)/b9-8-/t15-/m0/s1. The first-order valence-electron chi connectivity index (χ1n) is 8.32. The van der Waals surface area contributed by atoms with Crippen molar-refractivity contribution in [1.29, 1.82) is 0 Å². The normalized spacial score (nSPS) is 17.9. The molecule has 0 saturated heterocycles. The molecule has 0 radical (unpaired) electrons. The predicted octanol–water partition coefficient (Wildman–Crippen LogP) is 3.61. The van der Waals surface area contributed by atoms with Gasteiger partial charge in [-0.3, -0.25) is 9.48 Å². The number of amides is 1. The second-order valence-electron chi connectivity index (χ2n) is 7.21. The Balaban J connectivity index is 1.72. The maximum absolute atomic E-state index is 12.3. The Bertz CT molecular complexity index is 766. The van der Waals surface area contributed by atoms with Crippen LogP contribution in [0.1, 0.15) is 61.6 Å². The number of carbonyl (C=O) groups is 1. The highest BCUT2D eigenvalue weighted by molar-refractivity contribution is 7.09. The van der Waals surface area contributed by atoms with E-state index in [1.807, 2.05) is 18.5 Å². The van der Waals surface area contributed by atoms with Crippen LogP contribution < -0.4 is 5.32 Å². The number of aromatic nitrogens is 3. The average molecular weight is 344 g/mol. The third kappa shape index (κ3) is 3.59. The van der Waals surface area contributed by atoms with Gasteiger partial charge in [0.2, 0.25) is 5.91 Å². The Hall–Kier alpha value is -1.95. The summed E-state index contributed by atoms with van der Waals surface area (Å²) in [7, 11) is 0. The fourth-order valence-corrected chi connectivity index (χ4v) is 3.70. The second kappa shape index (κ2) is 6.51. The van der Waals surface area contributed by atoms with Crippen molar-refractivity contribution in [3.8, 4) is 0 Å². The van der Waals surface area contributed by atoms with Gasteiger partial charge >= 0.3 is 0 Å². The molecule has 2 heterocycles. The lowest BCUT2D eigenvalue weighted by molar-refractivity contribution is -0.117. The molecule has 1 aliphatic carbocycles. The number of hydrogen-bond acceptors (Lipinski definition) is 4. The Labute approximate surface area is 146 Å². The summed E-state index contributed by atoms with van der Waals surface area (Å²) < 4.78 is 2.09.